The van der Waals surface area contributed by atoms with Crippen molar-refractivity contribution in [3.05, 3.63) is 0 Å². The van der Waals surface area contributed by atoms with Crippen LogP contribution in [0.3, 0.4) is 0 Å². The van der Waals surface area contributed by atoms with E-state index < -0.39 is 33.2 Å². The van der Waals surface area contributed by atoms with Crippen LogP contribution in [0.15, 0.2) is 0 Å². The summed E-state index contributed by atoms with van der Waals surface area (Å²) in [6.07, 6.45) is 1.68. The average Bonchev–Trinajstić information content (AvgIpc) is 2.58. The van der Waals surface area contributed by atoms with Gasteiger partial charge in [0.1, 0.15) is 0 Å². The van der Waals surface area contributed by atoms with Crippen LogP contribution in [0.1, 0.15) is 19.8 Å². The number of nitrogens with zero attached hydrogens (tertiary/aromatic N) is 3. The highest BCUT2D eigenvalue weighted by molar-refractivity contribution is 6.41. The Morgan fingerprint density at radius 1 is 1.19 bits per heavy atom. The van der Waals surface area contributed by atoms with E-state index in [0.717, 1.165) is 12.8 Å². The van der Waals surface area contributed by atoms with Crippen molar-refractivity contribution in [2.45, 2.75) is 25.8 Å². The van der Waals surface area contributed by atoms with E-state index >= 15 is 0 Å². The fourth-order valence-electron chi connectivity index (χ4n) is 3.31. The van der Waals surface area contributed by atoms with Gasteiger partial charge in [0.05, 0.1) is 19.6 Å². The van der Waals surface area contributed by atoms with E-state index in [-0.39, 0.29) is 25.7 Å². The lowest BCUT2D eigenvalue weighted by Crippen LogP contribution is -2.47. The molecule has 2 rings (SSSR count). The molecule has 2 saturated heterocycles. The van der Waals surface area contributed by atoms with Gasteiger partial charge >= 0.3 is 21.2 Å². The predicted molar refractivity (Wildman–Crippen MR) is 89.8 cm³/mol. The minimum Gasteiger partial charge on any atom is -0.558 e. The number of aliphatic carboxylic acids is 1. The van der Waals surface area contributed by atoms with Gasteiger partial charge in [-0.05, 0) is 6.42 Å². The Hall–Kier alpha value is -1.25. The number of carbonyl (C=O) groups is 3. The van der Waals surface area contributed by atoms with Crippen LogP contribution < -0.4 is 0 Å². The zero-order valence-corrected chi connectivity index (χ0v) is 16.1. The summed E-state index contributed by atoms with van der Waals surface area (Å²) in [7, 11) is 0. The molecule has 2 heterocycles. The minimum absolute atomic E-state index is 0.0112. The number of fused-ring (bicyclic) bond motifs is 3. The van der Waals surface area contributed by atoms with E-state index in [1.165, 1.54) is 0 Å². The van der Waals surface area contributed by atoms with Gasteiger partial charge in [-0.2, -0.15) is 0 Å². The summed E-state index contributed by atoms with van der Waals surface area (Å²) in [5.41, 5.74) is 0. The third kappa shape index (κ3) is 6.81. The number of hydrogen-bond donors (Lipinski definition) is 1. The number of rotatable bonds is 4. The second-order valence-corrected chi connectivity index (χ2v) is 7.59. The molecule has 3 atom stereocenters. The van der Waals surface area contributed by atoms with Gasteiger partial charge in [0.25, 0.3) is 11.9 Å². The van der Waals surface area contributed by atoms with Crippen LogP contribution in [0.4, 0.5) is 3.52 Å². The van der Waals surface area contributed by atoms with Gasteiger partial charge in [-0.25, -0.2) is 0 Å². The molecule has 0 aromatic heterocycles. The monoisotopic (exact) mass is 388 g/mol. The number of carboxylic acids is 1. The van der Waals surface area contributed by atoms with E-state index in [1.54, 1.807) is 4.90 Å². The highest BCUT2D eigenvalue weighted by Gasteiger charge is 2.43. The number of halogens is 1. The zero-order chi connectivity index (χ0) is 19.1. The molecular weight excluding hydrogens is 363 g/mol. The molecule has 11 heteroatoms. The molecule has 3 unspecified atom stereocenters. The molecule has 2 aliphatic rings. The second kappa shape index (κ2) is 10.2. The summed E-state index contributed by atoms with van der Waals surface area (Å²) in [6.45, 7) is 4.08. The van der Waals surface area contributed by atoms with Gasteiger partial charge in [-0.3, -0.25) is 29.1 Å². The molecule has 0 saturated carbocycles. The molecule has 2 bridgehead atoms. The van der Waals surface area contributed by atoms with Crippen molar-refractivity contribution in [1.29, 1.82) is 0 Å². The Balaban J connectivity index is 2.25. The van der Waals surface area contributed by atoms with Gasteiger partial charge in [-0.15, -0.1) is 0 Å². The zero-order valence-electron chi connectivity index (χ0n) is 14.9. The van der Waals surface area contributed by atoms with Gasteiger partial charge in [0.2, 0.25) is 0 Å². The maximum atomic E-state index is 13.7. The van der Waals surface area contributed by atoms with Crippen LogP contribution in [0.2, 0.25) is 0 Å². The molecule has 2 aliphatic heterocycles. The Kier molecular flexibility index (Phi) is 8.25. The lowest BCUT2D eigenvalue weighted by molar-refractivity contribution is -0.143. The highest BCUT2D eigenvalue weighted by Crippen LogP contribution is 2.14. The van der Waals surface area contributed by atoms with E-state index in [1.807, 2.05) is 16.7 Å². The first-order valence-corrected chi connectivity index (χ1v) is 10.2. The molecule has 26 heavy (non-hydrogen) atoms. The third-order valence-corrected chi connectivity index (χ3v) is 5.43. The maximum absolute atomic E-state index is 13.7. The van der Waals surface area contributed by atoms with Crippen LogP contribution in [0.25, 0.3) is 0 Å². The first-order chi connectivity index (χ1) is 12.4. The molecule has 0 aromatic carbocycles. The molecule has 0 amide bonds. The number of carbonyl (C=O) groups excluding carboxylic acids is 2. The van der Waals surface area contributed by atoms with Crippen molar-refractivity contribution in [2.75, 3.05) is 52.4 Å². The highest BCUT2D eigenvalue weighted by atomic mass is 27.3. The van der Waals surface area contributed by atoms with Crippen LogP contribution in [-0.4, -0.2) is 111 Å². The number of carboxylic acid groups (broad SMARTS) is 1. The first-order valence-electron chi connectivity index (χ1n) is 8.81. The third-order valence-electron chi connectivity index (χ3n) is 4.54. The van der Waals surface area contributed by atoms with Crippen molar-refractivity contribution >= 4 is 33.2 Å². The van der Waals surface area contributed by atoms with Gasteiger partial charge in [-0.1, -0.05) is 13.3 Å². The molecule has 9 nitrogen and oxygen atoms in total. The largest absolute Gasteiger partial charge is 1.15 e. The summed E-state index contributed by atoms with van der Waals surface area (Å²) in [4.78, 5) is 40.6. The van der Waals surface area contributed by atoms with Gasteiger partial charge < -0.3 is 16.2 Å². The first kappa shape index (κ1) is 21.1. The Morgan fingerprint density at radius 2 is 1.85 bits per heavy atom. The fraction of sp³-hybridized carbons (Fsp3) is 0.800. The van der Waals surface area contributed by atoms with E-state index in [0.29, 0.717) is 32.7 Å². The smallest absolute Gasteiger partial charge is 0.558 e. The molecule has 2 fully saturated rings. The number of hydrogen-bond acceptors (Lipinski definition) is 8. The molecule has 146 valence electrons. The molecule has 1 N–H and O–H groups in total. The minimum atomic E-state index is -3.83. The Bertz CT molecular complexity index is 526. The van der Waals surface area contributed by atoms with Crippen molar-refractivity contribution in [1.82, 2.24) is 14.7 Å². The van der Waals surface area contributed by atoms with Crippen LogP contribution in [0, 0.1) is 0 Å². The normalized spacial score (nSPS) is 29.0. The lowest BCUT2D eigenvalue weighted by Gasteiger charge is -2.33. The SMILES string of the molecule is CCCC1CN2CCN(CC(=O)O)CCN1CC(=O)[O][Al]([18F])[O]C(=O)C2. The van der Waals surface area contributed by atoms with Gasteiger partial charge in [0.15, 0.2) is 0 Å². The van der Waals surface area contributed by atoms with E-state index in [9.17, 15) is 17.9 Å². The predicted octanol–water partition coefficient (Wildman–Crippen LogP) is -0.786. The van der Waals surface area contributed by atoms with Crippen molar-refractivity contribution in [3.63, 3.8) is 0 Å². The average molecular weight is 388 g/mol. The van der Waals surface area contributed by atoms with E-state index in [2.05, 4.69) is 7.58 Å². The summed E-state index contributed by atoms with van der Waals surface area (Å²) in [6, 6.07) is -0.0112. The summed E-state index contributed by atoms with van der Waals surface area (Å²) < 4.78 is 23.0. The topological polar surface area (TPSA) is 99.6 Å². The quantitative estimate of drug-likeness (QED) is 0.621. The molecule has 0 aromatic rings. The fourth-order valence-corrected chi connectivity index (χ4v) is 3.92. The Labute approximate surface area is 157 Å². The second-order valence-electron chi connectivity index (χ2n) is 6.57. The molecule has 0 radical (unpaired) electrons. The van der Waals surface area contributed by atoms with Crippen LogP contribution in [-0.2, 0) is 22.0 Å². The molecule has 0 spiro atoms. The lowest BCUT2D eigenvalue weighted by atomic mass is 10.1. The molecule has 0 aliphatic carbocycles. The van der Waals surface area contributed by atoms with Crippen LogP contribution >= 0.6 is 0 Å². The van der Waals surface area contributed by atoms with Gasteiger partial charge in [0, 0.05) is 38.8 Å². The van der Waals surface area contributed by atoms with Crippen molar-refractivity contribution in [2.24, 2.45) is 0 Å². The van der Waals surface area contributed by atoms with Crippen LogP contribution in [0.5, 0.6) is 0 Å². The summed E-state index contributed by atoms with van der Waals surface area (Å²) in [5, 5.41) is 9.08. The van der Waals surface area contributed by atoms with Crippen molar-refractivity contribution in [3.8, 4) is 0 Å². The summed E-state index contributed by atoms with van der Waals surface area (Å²) in [5.74, 6) is -2.45. The molecular formula is C15H25AlFN3O6. The van der Waals surface area contributed by atoms with Crippen molar-refractivity contribution < 1.29 is 30.6 Å². The summed E-state index contributed by atoms with van der Waals surface area (Å²) >= 11 is -3.83. The van der Waals surface area contributed by atoms with E-state index in [4.69, 9.17) is 5.11 Å². The standard InChI is InChI=1S/C15H27N3O6.Al.FH/c1-2-3-12-8-17(10-14(21)22)5-4-16(9-13(19)20)6-7-18(12)11-15(23)24;;/h12H,2-11H2,1H3,(H,19,20)(H,21,22)(H,23,24);;1H/q;+3;/p-3/i;;1-1. The Morgan fingerprint density at radius 3 is 2.50 bits per heavy atom. The maximum Gasteiger partial charge on any atom is 1.15 e.